The molecule has 2 rings (SSSR count). The summed E-state index contributed by atoms with van der Waals surface area (Å²) >= 11 is 7.53. The average Bonchev–Trinajstić information content (AvgIpc) is 2.76. The van der Waals surface area contributed by atoms with Crippen LogP contribution in [0.3, 0.4) is 0 Å². The first kappa shape index (κ1) is 12.3. The SMILES string of the molecule is NCCn1nnnc1SCc1ccncc1Cl. The van der Waals surface area contributed by atoms with Crippen LogP contribution >= 0.6 is 23.4 Å². The number of rotatable bonds is 5. The number of nitrogens with zero attached hydrogens (tertiary/aromatic N) is 5. The Morgan fingerprint density at radius 1 is 1.47 bits per heavy atom. The molecule has 2 aromatic rings. The van der Waals surface area contributed by atoms with E-state index >= 15 is 0 Å². The highest BCUT2D eigenvalue weighted by molar-refractivity contribution is 7.98. The van der Waals surface area contributed by atoms with Gasteiger partial charge in [0.25, 0.3) is 0 Å². The van der Waals surface area contributed by atoms with Gasteiger partial charge in [-0.3, -0.25) is 4.98 Å². The van der Waals surface area contributed by atoms with Crippen LogP contribution in [0.1, 0.15) is 5.56 Å². The quantitative estimate of drug-likeness (QED) is 0.816. The third-order valence-corrected chi connectivity index (χ3v) is 3.40. The summed E-state index contributed by atoms with van der Waals surface area (Å²) in [6.45, 7) is 1.12. The van der Waals surface area contributed by atoms with Gasteiger partial charge in [0.15, 0.2) is 0 Å². The van der Waals surface area contributed by atoms with E-state index in [9.17, 15) is 0 Å². The number of nitrogens with two attached hydrogens (primary N) is 1. The molecule has 2 N–H and O–H groups in total. The number of aromatic nitrogens is 5. The van der Waals surface area contributed by atoms with Gasteiger partial charge in [0.1, 0.15) is 0 Å². The minimum absolute atomic E-state index is 0.509. The van der Waals surface area contributed by atoms with E-state index in [4.69, 9.17) is 17.3 Å². The van der Waals surface area contributed by atoms with E-state index < -0.39 is 0 Å². The number of hydrogen-bond acceptors (Lipinski definition) is 6. The van der Waals surface area contributed by atoms with E-state index in [1.54, 1.807) is 17.1 Å². The Labute approximate surface area is 108 Å². The number of thioether (sulfide) groups is 1. The maximum absolute atomic E-state index is 6.01. The van der Waals surface area contributed by atoms with Crippen molar-refractivity contribution in [2.45, 2.75) is 17.5 Å². The van der Waals surface area contributed by atoms with Gasteiger partial charge in [0.05, 0.1) is 11.6 Å². The van der Waals surface area contributed by atoms with E-state index in [1.165, 1.54) is 11.8 Å². The molecule has 0 unspecified atom stereocenters. The lowest BCUT2D eigenvalue weighted by molar-refractivity contribution is 0.557. The van der Waals surface area contributed by atoms with Crippen molar-refractivity contribution in [3.05, 3.63) is 29.0 Å². The van der Waals surface area contributed by atoms with Gasteiger partial charge in [-0.15, -0.1) is 5.10 Å². The highest BCUT2D eigenvalue weighted by atomic mass is 35.5. The molecule has 0 fully saturated rings. The van der Waals surface area contributed by atoms with Crippen LogP contribution in [0.15, 0.2) is 23.6 Å². The van der Waals surface area contributed by atoms with Crippen LogP contribution in [0.5, 0.6) is 0 Å². The normalized spacial score (nSPS) is 10.7. The van der Waals surface area contributed by atoms with Gasteiger partial charge in [0, 0.05) is 24.7 Å². The zero-order valence-electron chi connectivity index (χ0n) is 8.95. The maximum Gasteiger partial charge on any atom is 0.209 e. The van der Waals surface area contributed by atoms with Gasteiger partial charge >= 0.3 is 0 Å². The van der Waals surface area contributed by atoms with Crippen molar-refractivity contribution in [3.63, 3.8) is 0 Å². The molecule has 17 heavy (non-hydrogen) atoms. The van der Waals surface area contributed by atoms with Crippen molar-refractivity contribution >= 4 is 23.4 Å². The van der Waals surface area contributed by atoms with E-state index in [1.807, 2.05) is 6.07 Å². The van der Waals surface area contributed by atoms with Gasteiger partial charge in [-0.1, -0.05) is 23.4 Å². The minimum atomic E-state index is 0.509. The third-order valence-electron chi connectivity index (χ3n) is 2.05. The fourth-order valence-electron chi connectivity index (χ4n) is 1.23. The molecule has 8 heteroatoms. The Morgan fingerprint density at radius 2 is 2.35 bits per heavy atom. The Morgan fingerprint density at radius 3 is 3.12 bits per heavy atom. The monoisotopic (exact) mass is 270 g/mol. The number of pyridine rings is 1. The molecule has 0 aliphatic rings. The molecular weight excluding hydrogens is 260 g/mol. The van der Waals surface area contributed by atoms with Crippen molar-refractivity contribution in [2.24, 2.45) is 5.73 Å². The van der Waals surface area contributed by atoms with Crippen molar-refractivity contribution in [1.29, 1.82) is 0 Å². The average molecular weight is 271 g/mol. The summed E-state index contributed by atoms with van der Waals surface area (Å²) < 4.78 is 1.68. The fraction of sp³-hybridized carbons (Fsp3) is 0.333. The van der Waals surface area contributed by atoms with Gasteiger partial charge in [-0.25, -0.2) is 4.68 Å². The highest BCUT2D eigenvalue weighted by Crippen LogP contribution is 2.23. The van der Waals surface area contributed by atoms with Gasteiger partial charge in [-0.2, -0.15) is 0 Å². The standard InChI is InChI=1S/C9H11ClN6S/c10-8-5-12-3-1-7(8)6-17-9-13-14-15-16(9)4-2-11/h1,3,5H,2,4,6,11H2. The van der Waals surface area contributed by atoms with Crippen LogP contribution in [0, 0.1) is 0 Å². The first-order valence-corrected chi connectivity index (χ1v) is 6.35. The minimum Gasteiger partial charge on any atom is -0.329 e. The van der Waals surface area contributed by atoms with Crippen LogP contribution in [0.4, 0.5) is 0 Å². The largest absolute Gasteiger partial charge is 0.329 e. The summed E-state index contributed by atoms with van der Waals surface area (Å²) in [5.74, 6) is 0.701. The van der Waals surface area contributed by atoms with E-state index in [2.05, 4.69) is 20.5 Å². The molecule has 0 atom stereocenters. The zero-order valence-corrected chi connectivity index (χ0v) is 10.5. The molecule has 0 saturated heterocycles. The Hall–Kier alpha value is -1.18. The summed E-state index contributed by atoms with van der Waals surface area (Å²) in [6.07, 6.45) is 3.34. The first-order valence-electron chi connectivity index (χ1n) is 4.98. The lowest BCUT2D eigenvalue weighted by Crippen LogP contribution is -2.12. The molecule has 0 aromatic carbocycles. The smallest absolute Gasteiger partial charge is 0.209 e. The molecule has 0 aliphatic heterocycles. The van der Waals surface area contributed by atoms with Crippen LogP contribution < -0.4 is 5.73 Å². The molecule has 0 saturated carbocycles. The maximum atomic E-state index is 6.01. The van der Waals surface area contributed by atoms with Crippen molar-refractivity contribution in [1.82, 2.24) is 25.2 Å². The third kappa shape index (κ3) is 3.15. The predicted molar refractivity (Wildman–Crippen MR) is 65.7 cm³/mol. The zero-order chi connectivity index (χ0) is 12.1. The highest BCUT2D eigenvalue weighted by Gasteiger charge is 2.07. The van der Waals surface area contributed by atoms with Crippen LogP contribution in [-0.4, -0.2) is 31.7 Å². The van der Waals surface area contributed by atoms with Gasteiger partial charge in [0.2, 0.25) is 5.16 Å². The second kappa shape index (κ2) is 5.95. The van der Waals surface area contributed by atoms with E-state index in [0.717, 1.165) is 10.7 Å². The van der Waals surface area contributed by atoms with E-state index in [0.29, 0.717) is 23.9 Å². The second-order valence-corrected chi connectivity index (χ2v) is 4.58. The number of tetrazole rings is 1. The van der Waals surface area contributed by atoms with Crippen molar-refractivity contribution < 1.29 is 0 Å². The summed E-state index contributed by atoms with van der Waals surface area (Å²) in [7, 11) is 0. The molecule has 6 nitrogen and oxygen atoms in total. The summed E-state index contributed by atoms with van der Waals surface area (Å²) in [5.41, 5.74) is 6.47. The van der Waals surface area contributed by atoms with Gasteiger partial charge < -0.3 is 5.73 Å². The summed E-state index contributed by atoms with van der Waals surface area (Å²) in [5, 5.41) is 12.8. The van der Waals surface area contributed by atoms with E-state index in [-0.39, 0.29) is 0 Å². The second-order valence-electron chi connectivity index (χ2n) is 3.23. The topological polar surface area (TPSA) is 82.5 Å². The number of hydrogen-bond donors (Lipinski definition) is 1. The number of halogens is 1. The Balaban J connectivity index is 2.02. The Bertz CT molecular complexity index is 488. The molecular formula is C9H11ClN6S. The van der Waals surface area contributed by atoms with Gasteiger partial charge in [-0.05, 0) is 22.1 Å². The Kier molecular flexibility index (Phi) is 4.29. The lowest BCUT2D eigenvalue weighted by Gasteiger charge is -2.03. The molecule has 2 heterocycles. The molecule has 0 amide bonds. The fourth-order valence-corrected chi connectivity index (χ4v) is 2.40. The van der Waals surface area contributed by atoms with Crippen LogP contribution in [-0.2, 0) is 12.3 Å². The predicted octanol–water partition coefficient (Wildman–Crippen LogP) is 0.972. The molecule has 90 valence electrons. The molecule has 0 spiro atoms. The summed E-state index contributed by atoms with van der Waals surface area (Å²) in [4.78, 5) is 3.93. The summed E-state index contributed by atoms with van der Waals surface area (Å²) in [6, 6.07) is 1.88. The molecule has 0 aliphatic carbocycles. The van der Waals surface area contributed by atoms with Crippen LogP contribution in [0.25, 0.3) is 0 Å². The lowest BCUT2D eigenvalue weighted by atomic mass is 10.3. The van der Waals surface area contributed by atoms with Crippen molar-refractivity contribution in [3.8, 4) is 0 Å². The van der Waals surface area contributed by atoms with Crippen LogP contribution in [0.2, 0.25) is 5.02 Å². The molecule has 2 aromatic heterocycles. The molecule has 0 bridgehead atoms. The van der Waals surface area contributed by atoms with Crippen molar-refractivity contribution in [2.75, 3.05) is 6.54 Å². The molecule has 0 radical (unpaired) electrons. The first-order chi connectivity index (χ1) is 8.31.